The molecule has 0 aromatic heterocycles. The molecule has 2 aromatic carbocycles. The van der Waals surface area contributed by atoms with Crippen LogP contribution in [0.1, 0.15) is 29.5 Å². The molecule has 0 aliphatic heterocycles. The molecule has 0 spiro atoms. The van der Waals surface area contributed by atoms with Gasteiger partial charge in [0.25, 0.3) is 0 Å². The minimum absolute atomic E-state index is 0.299. The normalized spacial score (nSPS) is 12.3. The Kier molecular flexibility index (Phi) is 3.16. The molecular weight excluding hydrogens is 220 g/mol. The lowest BCUT2D eigenvalue weighted by molar-refractivity contribution is 0.284. The van der Waals surface area contributed by atoms with Gasteiger partial charge in [-0.2, -0.15) is 0 Å². The van der Waals surface area contributed by atoms with Crippen molar-refractivity contribution in [2.75, 3.05) is 6.61 Å². The molecule has 1 aliphatic rings. The predicted octanol–water partition coefficient (Wildman–Crippen LogP) is 3.57. The van der Waals surface area contributed by atoms with Gasteiger partial charge in [-0.1, -0.05) is 42.5 Å². The van der Waals surface area contributed by atoms with Gasteiger partial charge in [0, 0.05) is 6.61 Å². The van der Waals surface area contributed by atoms with E-state index in [2.05, 4.69) is 42.5 Å². The van der Waals surface area contributed by atoms with Crippen LogP contribution in [0.25, 0.3) is 11.1 Å². The predicted molar refractivity (Wildman–Crippen MR) is 74.7 cm³/mol. The Balaban J connectivity index is 1.88. The number of hydrogen-bond acceptors (Lipinski definition) is 1. The van der Waals surface area contributed by atoms with Crippen LogP contribution in [0.5, 0.6) is 0 Å². The molecule has 0 amide bonds. The molecule has 0 bridgehead atoms. The van der Waals surface area contributed by atoms with Gasteiger partial charge in [-0.05, 0) is 53.5 Å². The van der Waals surface area contributed by atoms with Crippen LogP contribution in [0.15, 0.2) is 42.5 Å². The van der Waals surface area contributed by atoms with E-state index in [1.54, 1.807) is 0 Å². The van der Waals surface area contributed by atoms with Gasteiger partial charge in [0.05, 0.1) is 0 Å². The fourth-order valence-corrected chi connectivity index (χ4v) is 2.77. The summed E-state index contributed by atoms with van der Waals surface area (Å²) in [5.74, 6) is 0. The minimum Gasteiger partial charge on any atom is -0.396 e. The molecule has 0 saturated carbocycles. The van der Waals surface area contributed by atoms with E-state index in [4.69, 9.17) is 5.11 Å². The monoisotopic (exact) mass is 238 g/mol. The molecule has 0 saturated heterocycles. The number of rotatable bonds is 4. The first-order valence-corrected chi connectivity index (χ1v) is 6.69. The van der Waals surface area contributed by atoms with Crippen molar-refractivity contribution in [3.63, 3.8) is 0 Å². The second-order valence-corrected chi connectivity index (χ2v) is 5.01. The number of aliphatic hydroxyl groups excluding tert-OH is 1. The molecule has 0 atom stereocenters. The molecule has 1 N–H and O–H groups in total. The van der Waals surface area contributed by atoms with E-state index < -0.39 is 0 Å². The number of aryl methyl sites for hydroxylation is 1. The van der Waals surface area contributed by atoms with E-state index in [1.807, 2.05) is 0 Å². The van der Waals surface area contributed by atoms with Gasteiger partial charge in [0.15, 0.2) is 0 Å². The fourth-order valence-electron chi connectivity index (χ4n) is 2.77. The van der Waals surface area contributed by atoms with Crippen molar-refractivity contribution in [1.82, 2.24) is 0 Å². The fraction of sp³-hybridized carbons (Fsp3) is 0.294. The lowest BCUT2D eigenvalue weighted by Crippen LogP contribution is -1.90. The molecule has 0 unspecified atom stereocenters. The molecule has 92 valence electrons. The van der Waals surface area contributed by atoms with E-state index in [1.165, 1.54) is 27.8 Å². The zero-order valence-electron chi connectivity index (χ0n) is 10.5. The Morgan fingerprint density at radius 3 is 2.61 bits per heavy atom. The molecule has 2 aromatic rings. The van der Waals surface area contributed by atoms with Crippen LogP contribution in [0.2, 0.25) is 0 Å². The molecular formula is C17H18O. The Bertz CT molecular complexity index is 557. The number of fused-ring (bicyclic) bond motifs is 3. The van der Waals surface area contributed by atoms with Crippen LogP contribution in [-0.4, -0.2) is 11.7 Å². The second kappa shape index (κ2) is 4.95. The van der Waals surface area contributed by atoms with Gasteiger partial charge in [-0.15, -0.1) is 0 Å². The van der Waals surface area contributed by atoms with Gasteiger partial charge in [0.2, 0.25) is 0 Å². The van der Waals surface area contributed by atoms with Crippen molar-refractivity contribution in [1.29, 1.82) is 0 Å². The van der Waals surface area contributed by atoms with Gasteiger partial charge in [0.1, 0.15) is 0 Å². The van der Waals surface area contributed by atoms with E-state index in [-0.39, 0.29) is 0 Å². The standard InChI is InChI=1S/C17H18O/c18-10-4-3-5-13-8-9-15-12-14-6-1-2-7-16(14)17(15)11-13/h1-2,6-9,11,18H,3-5,10,12H2. The smallest absolute Gasteiger partial charge is 0.0431 e. The first-order chi connectivity index (χ1) is 8.88. The zero-order chi connectivity index (χ0) is 12.4. The quantitative estimate of drug-likeness (QED) is 0.689. The molecule has 1 nitrogen and oxygen atoms in total. The van der Waals surface area contributed by atoms with Crippen LogP contribution < -0.4 is 0 Å². The first-order valence-electron chi connectivity index (χ1n) is 6.69. The largest absolute Gasteiger partial charge is 0.396 e. The van der Waals surface area contributed by atoms with E-state index in [0.29, 0.717) is 6.61 Å². The Hall–Kier alpha value is -1.60. The van der Waals surface area contributed by atoms with Crippen LogP contribution >= 0.6 is 0 Å². The Morgan fingerprint density at radius 1 is 0.889 bits per heavy atom. The zero-order valence-corrected chi connectivity index (χ0v) is 10.5. The molecule has 1 heteroatoms. The average Bonchev–Trinajstić information content (AvgIpc) is 2.77. The molecule has 0 heterocycles. The summed E-state index contributed by atoms with van der Waals surface area (Å²) >= 11 is 0. The summed E-state index contributed by atoms with van der Waals surface area (Å²) in [5, 5.41) is 8.83. The van der Waals surface area contributed by atoms with Crippen molar-refractivity contribution < 1.29 is 5.11 Å². The number of aliphatic hydroxyl groups is 1. The summed E-state index contributed by atoms with van der Waals surface area (Å²) < 4.78 is 0. The number of hydrogen-bond donors (Lipinski definition) is 1. The van der Waals surface area contributed by atoms with Crippen molar-refractivity contribution >= 4 is 0 Å². The van der Waals surface area contributed by atoms with Crippen LogP contribution in [-0.2, 0) is 12.8 Å². The maximum atomic E-state index is 8.83. The van der Waals surface area contributed by atoms with Crippen LogP contribution in [0, 0.1) is 0 Å². The van der Waals surface area contributed by atoms with Gasteiger partial charge >= 0.3 is 0 Å². The highest BCUT2D eigenvalue weighted by molar-refractivity contribution is 5.77. The molecule has 18 heavy (non-hydrogen) atoms. The third-order valence-corrected chi connectivity index (χ3v) is 3.74. The molecule has 0 radical (unpaired) electrons. The SMILES string of the molecule is OCCCCc1ccc2c(c1)-c1ccccc1C2. The first kappa shape index (κ1) is 11.5. The van der Waals surface area contributed by atoms with Crippen molar-refractivity contribution in [3.05, 3.63) is 59.2 Å². The summed E-state index contributed by atoms with van der Waals surface area (Å²) in [6, 6.07) is 15.5. The highest BCUT2D eigenvalue weighted by atomic mass is 16.2. The van der Waals surface area contributed by atoms with Gasteiger partial charge in [-0.25, -0.2) is 0 Å². The van der Waals surface area contributed by atoms with Crippen molar-refractivity contribution in [3.8, 4) is 11.1 Å². The van der Waals surface area contributed by atoms with Crippen molar-refractivity contribution in [2.24, 2.45) is 0 Å². The lowest BCUT2D eigenvalue weighted by Gasteiger charge is -2.05. The number of unbranched alkanes of at least 4 members (excludes halogenated alkanes) is 1. The average molecular weight is 238 g/mol. The number of benzene rings is 2. The van der Waals surface area contributed by atoms with E-state index >= 15 is 0 Å². The van der Waals surface area contributed by atoms with Crippen LogP contribution in [0.3, 0.4) is 0 Å². The maximum absolute atomic E-state index is 8.83. The third kappa shape index (κ3) is 2.06. The lowest BCUT2D eigenvalue weighted by atomic mass is 10.0. The maximum Gasteiger partial charge on any atom is 0.0431 e. The van der Waals surface area contributed by atoms with Gasteiger partial charge < -0.3 is 5.11 Å². The molecule has 0 fully saturated rings. The topological polar surface area (TPSA) is 20.2 Å². The Labute approximate surface area is 108 Å². The van der Waals surface area contributed by atoms with Crippen molar-refractivity contribution in [2.45, 2.75) is 25.7 Å². The summed E-state index contributed by atoms with van der Waals surface area (Å²) in [5.41, 5.74) is 7.09. The highest BCUT2D eigenvalue weighted by Crippen LogP contribution is 2.36. The molecule has 3 rings (SSSR count). The van der Waals surface area contributed by atoms with E-state index in [9.17, 15) is 0 Å². The summed E-state index contributed by atoms with van der Waals surface area (Å²) in [7, 11) is 0. The Morgan fingerprint density at radius 2 is 1.72 bits per heavy atom. The summed E-state index contributed by atoms with van der Waals surface area (Å²) in [4.78, 5) is 0. The van der Waals surface area contributed by atoms with Gasteiger partial charge in [-0.3, -0.25) is 0 Å². The molecule has 1 aliphatic carbocycles. The summed E-state index contributed by atoms with van der Waals surface area (Å²) in [6.45, 7) is 0.299. The van der Waals surface area contributed by atoms with E-state index in [0.717, 1.165) is 25.7 Å². The summed E-state index contributed by atoms with van der Waals surface area (Å²) in [6.07, 6.45) is 4.10. The minimum atomic E-state index is 0.299. The second-order valence-electron chi connectivity index (χ2n) is 5.01. The highest BCUT2D eigenvalue weighted by Gasteiger charge is 2.17. The third-order valence-electron chi connectivity index (χ3n) is 3.74. The van der Waals surface area contributed by atoms with Crippen LogP contribution in [0.4, 0.5) is 0 Å².